The van der Waals surface area contributed by atoms with Crippen LogP contribution >= 0.6 is 11.6 Å². The van der Waals surface area contributed by atoms with Crippen molar-refractivity contribution in [3.63, 3.8) is 0 Å². The summed E-state index contributed by atoms with van der Waals surface area (Å²) in [7, 11) is 0. The van der Waals surface area contributed by atoms with Gasteiger partial charge in [0.05, 0.1) is 13.0 Å². The van der Waals surface area contributed by atoms with Gasteiger partial charge in [0.2, 0.25) is 5.91 Å². The van der Waals surface area contributed by atoms with Crippen molar-refractivity contribution in [1.29, 1.82) is 0 Å². The van der Waals surface area contributed by atoms with Gasteiger partial charge in [0.1, 0.15) is 11.4 Å². The molecule has 1 aliphatic heterocycles. The predicted octanol–water partition coefficient (Wildman–Crippen LogP) is 3.45. The minimum Gasteiger partial charge on any atom is -0.383 e. The Hall–Kier alpha value is -1.95. The van der Waals surface area contributed by atoms with E-state index >= 15 is 0 Å². The van der Waals surface area contributed by atoms with Crippen molar-refractivity contribution in [3.8, 4) is 0 Å². The van der Waals surface area contributed by atoms with Crippen LogP contribution in [-0.4, -0.2) is 30.8 Å². The van der Waals surface area contributed by atoms with E-state index in [0.29, 0.717) is 26.1 Å². The predicted molar refractivity (Wildman–Crippen MR) is 102 cm³/mol. The standard InChI is InChI=1S/C21H23ClFNO3/c22-18-7-4-8-19(23)17(18)13-20(25)24-14-21(26,15-5-2-1-3-6-15)16-9-11-27-12-10-16/h1-8,16,26H,9-14H2,(H,24,25)/t21-/m0/s1. The Morgan fingerprint density at radius 2 is 1.89 bits per heavy atom. The zero-order valence-electron chi connectivity index (χ0n) is 15.0. The smallest absolute Gasteiger partial charge is 0.224 e. The number of hydrogen-bond acceptors (Lipinski definition) is 3. The third kappa shape index (κ3) is 4.67. The molecule has 1 aliphatic rings. The molecular formula is C21H23ClFNO3. The Bertz CT molecular complexity index is 760. The maximum Gasteiger partial charge on any atom is 0.224 e. The number of hydrogen-bond donors (Lipinski definition) is 2. The lowest BCUT2D eigenvalue weighted by molar-refractivity contribution is -0.123. The number of benzene rings is 2. The van der Waals surface area contributed by atoms with Gasteiger partial charge in [0.15, 0.2) is 0 Å². The number of nitrogens with one attached hydrogen (secondary N) is 1. The van der Waals surface area contributed by atoms with Crippen molar-refractivity contribution in [2.24, 2.45) is 5.92 Å². The molecule has 0 spiro atoms. The van der Waals surface area contributed by atoms with Gasteiger partial charge in [-0.1, -0.05) is 48.0 Å². The highest BCUT2D eigenvalue weighted by molar-refractivity contribution is 6.31. The van der Waals surface area contributed by atoms with Gasteiger partial charge in [-0.15, -0.1) is 0 Å². The quantitative estimate of drug-likeness (QED) is 0.792. The highest BCUT2D eigenvalue weighted by atomic mass is 35.5. The fourth-order valence-corrected chi connectivity index (χ4v) is 3.77. The Kier molecular flexibility index (Phi) is 6.47. The number of carbonyl (C=O) groups is 1. The largest absolute Gasteiger partial charge is 0.383 e. The highest BCUT2D eigenvalue weighted by Crippen LogP contribution is 2.35. The van der Waals surface area contributed by atoms with Crippen LogP contribution in [0.25, 0.3) is 0 Å². The average molecular weight is 392 g/mol. The molecule has 1 heterocycles. The second-order valence-electron chi connectivity index (χ2n) is 6.83. The monoisotopic (exact) mass is 391 g/mol. The first-order valence-corrected chi connectivity index (χ1v) is 9.44. The number of rotatable bonds is 6. The first-order chi connectivity index (χ1) is 13.0. The molecule has 0 aliphatic carbocycles. The second-order valence-corrected chi connectivity index (χ2v) is 7.24. The van der Waals surface area contributed by atoms with E-state index in [-0.39, 0.29) is 35.4 Å². The molecule has 0 saturated carbocycles. The SMILES string of the molecule is O=C(Cc1c(F)cccc1Cl)NC[C@](O)(c1ccccc1)C1CCOCC1. The van der Waals surface area contributed by atoms with Crippen LogP contribution < -0.4 is 5.32 Å². The third-order valence-corrected chi connectivity index (χ3v) is 5.48. The van der Waals surface area contributed by atoms with Crippen molar-refractivity contribution >= 4 is 17.5 Å². The van der Waals surface area contributed by atoms with Crippen molar-refractivity contribution in [3.05, 3.63) is 70.5 Å². The zero-order chi connectivity index (χ0) is 19.3. The van der Waals surface area contributed by atoms with E-state index < -0.39 is 11.4 Å². The topological polar surface area (TPSA) is 58.6 Å². The molecule has 27 heavy (non-hydrogen) atoms. The molecule has 0 aromatic heterocycles. The molecule has 3 rings (SSSR count). The fraction of sp³-hybridized carbons (Fsp3) is 0.381. The molecule has 1 atom stereocenters. The van der Waals surface area contributed by atoms with Crippen LogP contribution in [0.4, 0.5) is 4.39 Å². The number of halogens is 2. The molecule has 4 nitrogen and oxygen atoms in total. The summed E-state index contributed by atoms with van der Waals surface area (Å²) >= 11 is 6.00. The molecule has 144 valence electrons. The van der Waals surface area contributed by atoms with Crippen molar-refractivity contribution in [1.82, 2.24) is 5.32 Å². The van der Waals surface area contributed by atoms with Crippen LogP contribution in [-0.2, 0) is 21.6 Å². The molecule has 6 heteroatoms. The van der Waals surface area contributed by atoms with Gasteiger partial charge in [-0.25, -0.2) is 4.39 Å². The number of carbonyl (C=O) groups excluding carboxylic acids is 1. The van der Waals surface area contributed by atoms with E-state index in [9.17, 15) is 14.3 Å². The molecule has 0 bridgehead atoms. The molecule has 1 fully saturated rings. The summed E-state index contributed by atoms with van der Waals surface area (Å²) in [5.41, 5.74) is -0.299. The van der Waals surface area contributed by atoms with Crippen LogP contribution in [0.3, 0.4) is 0 Å². The first-order valence-electron chi connectivity index (χ1n) is 9.06. The van der Waals surface area contributed by atoms with E-state index in [4.69, 9.17) is 16.3 Å². The zero-order valence-corrected chi connectivity index (χ0v) is 15.7. The molecular weight excluding hydrogens is 369 g/mol. The van der Waals surface area contributed by atoms with E-state index in [1.165, 1.54) is 12.1 Å². The fourth-order valence-electron chi connectivity index (χ4n) is 3.54. The molecule has 0 unspecified atom stereocenters. The van der Waals surface area contributed by atoms with E-state index in [1.54, 1.807) is 6.07 Å². The number of ether oxygens (including phenoxy) is 1. The minimum atomic E-state index is -1.21. The Morgan fingerprint density at radius 3 is 2.56 bits per heavy atom. The average Bonchev–Trinajstić information content (AvgIpc) is 2.70. The number of aliphatic hydroxyl groups is 1. The molecule has 2 aromatic rings. The van der Waals surface area contributed by atoms with Crippen molar-refractivity contribution in [2.75, 3.05) is 19.8 Å². The van der Waals surface area contributed by atoms with E-state index in [1.807, 2.05) is 30.3 Å². The molecule has 2 aromatic carbocycles. The summed E-state index contributed by atoms with van der Waals surface area (Å²) in [6.45, 7) is 1.21. The molecule has 1 amide bonds. The van der Waals surface area contributed by atoms with Gasteiger partial charge in [-0.05, 0) is 36.5 Å². The lowest BCUT2D eigenvalue weighted by Gasteiger charge is -2.39. The Balaban J connectivity index is 1.74. The van der Waals surface area contributed by atoms with Crippen molar-refractivity contribution in [2.45, 2.75) is 24.9 Å². The van der Waals surface area contributed by atoms with Crippen molar-refractivity contribution < 1.29 is 19.0 Å². The Morgan fingerprint density at radius 1 is 1.19 bits per heavy atom. The summed E-state index contributed by atoms with van der Waals surface area (Å²) in [5.74, 6) is -0.935. The lowest BCUT2D eigenvalue weighted by atomic mass is 9.77. The summed E-state index contributed by atoms with van der Waals surface area (Å²) < 4.78 is 19.3. The van der Waals surface area contributed by atoms with Crippen LogP contribution in [0.1, 0.15) is 24.0 Å². The normalized spacial score (nSPS) is 17.3. The van der Waals surface area contributed by atoms with Gasteiger partial charge in [0, 0.05) is 23.8 Å². The highest BCUT2D eigenvalue weighted by Gasteiger charge is 2.39. The molecule has 2 N–H and O–H groups in total. The Labute approximate surface area is 163 Å². The second kappa shape index (κ2) is 8.83. The van der Waals surface area contributed by atoms with Gasteiger partial charge in [-0.3, -0.25) is 4.79 Å². The van der Waals surface area contributed by atoms with Gasteiger partial charge < -0.3 is 15.2 Å². The van der Waals surface area contributed by atoms with E-state index in [2.05, 4.69) is 5.32 Å². The maximum atomic E-state index is 13.9. The summed E-state index contributed by atoms with van der Waals surface area (Å²) in [5, 5.41) is 14.4. The lowest BCUT2D eigenvalue weighted by Crippen LogP contribution is -2.48. The van der Waals surface area contributed by atoms with Crippen LogP contribution in [0.2, 0.25) is 5.02 Å². The number of amides is 1. The van der Waals surface area contributed by atoms with E-state index in [0.717, 1.165) is 5.56 Å². The van der Waals surface area contributed by atoms with Gasteiger partial charge >= 0.3 is 0 Å². The van der Waals surface area contributed by atoms with Gasteiger partial charge in [-0.2, -0.15) is 0 Å². The van der Waals surface area contributed by atoms with Crippen LogP contribution in [0.5, 0.6) is 0 Å². The summed E-state index contributed by atoms with van der Waals surface area (Å²) in [6.07, 6.45) is 1.24. The third-order valence-electron chi connectivity index (χ3n) is 5.12. The van der Waals surface area contributed by atoms with Crippen LogP contribution in [0.15, 0.2) is 48.5 Å². The summed E-state index contributed by atoms with van der Waals surface area (Å²) in [4.78, 5) is 12.4. The maximum absolute atomic E-state index is 13.9. The van der Waals surface area contributed by atoms with Crippen LogP contribution in [0, 0.1) is 11.7 Å². The molecule has 0 radical (unpaired) electrons. The molecule has 1 saturated heterocycles. The first kappa shape index (κ1) is 19.8. The minimum absolute atomic E-state index is 0.0361. The van der Waals surface area contributed by atoms with Gasteiger partial charge in [0.25, 0.3) is 0 Å². The summed E-state index contributed by atoms with van der Waals surface area (Å²) in [6, 6.07) is 13.6.